The van der Waals surface area contributed by atoms with Gasteiger partial charge in [-0.3, -0.25) is 9.59 Å². The van der Waals surface area contributed by atoms with E-state index >= 15 is 0 Å². The highest BCUT2D eigenvalue weighted by Crippen LogP contribution is 2.31. The number of H-pyrrole nitrogens is 1. The van der Waals surface area contributed by atoms with E-state index < -0.39 is 29.9 Å². The van der Waals surface area contributed by atoms with Crippen molar-refractivity contribution in [3.05, 3.63) is 35.7 Å². The maximum Gasteiger partial charge on any atom is 0.326 e. The molecule has 36 heavy (non-hydrogen) atoms. The third-order valence-corrected chi connectivity index (χ3v) is 6.53. The van der Waals surface area contributed by atoms with E-state index in [1.54, 1.807) is 26.0 Å². The Hall–Kier alpha value is -4.15. The average Bonchev–Trinajstić information content (AvgIpc) is 3.45. The molecule has 0 bridgehead atoms. The number of hydrogen-bond acceptors (Lipinski definition) is 6. The zero-order valence-electron chi connectivity index (χ0n) is 19.9. The lowest BCUT2D eigenvalue weighted by molar-refractivity contribution is -0.148. The Labute approximate surface area is 206 Å². The first-order chi connectivity index (χ1) is 17.1. The Balaban J connectivity index is 1.70. The maximum absolute atomic E-state index is 13.0. The SMILES string of the molecule is CC(C)[C@H](NC(=O)c1cc2c([nH]c3ccc(O)cc32)c(CCC(=O)N2CCC[C@H]2C(=O)O)n1)C(=O)O. The predicted octanol–water partition coefficient (Wildman–Crippen LogP) is 2.27. The topological polar surface area (TPSA) is 173 Å². The van der Waals surface area contributed by atoms with E-state index in [1.165, 1.54) is 17.0 Å². The van der Waals surface area contributed by atoms with E-state index in [-0.39, 0.29) is 36.1 Å². The molecule has 190 valence electrons. The number of nitrogens with zero attached hydrogens (tertiary/aromatic N) is 2. The number of aryl methyl sites for hydroxylation is 1. The summed E-state index contributed by atoms with van der Waals surface area (Å²) in [5.41, 5.74) is 1.65. The molecule has 2 amide bonds. The molecule has 1 aromatic carbocycles. The molecule has 1 aliphatic heterocycles. The third kappa shape index (κ3) is 4.81. The van der Waals surface area contributed by atoms with Crippen LogP contribution in [0.2, 0.25) is 0 Å². The molecule has 0 unspecified atom stereocenters. The third-order valence-electron chi connectivity index (χ3n) is 6.53. The number of aromatic nitrogens is 2. The van der Waals surface area contributed by atoms with Crippen molar-refractivity contribution < 1.29 is 34.5 Å². The molecule has 2 aromatic heterocycles. The summed E-state index contributed by atoms with van der Waals surface area (Å²) in [6.45, 7) is 3.73. The first-order valence-electron chi connectivity index (χ1n) is 11.8. The number of amides is 2. The van der Waals surface area contributed by atoms with Crippen molar-refractivity contribution in [2.75, 3.05) is 6.54 Å². The monoisotopic (exact) mass is 496 g/mol. The standard InChI is InChI=1S/C25H28N4O7/c1-12(2)21(25(35)36)28-23(32)18-11-15-14-10-13(30)5-6-16(14)27-22(15)17(26-18)7-8-20(31)29-9-3-4-19(29)24(33)34/h5-6,10-12,19,21,27,30H,3-4,7-9H2,1-2H3,(H,28,32)(H,33,34)(H,35,36)/t19-,21-/m0/s1. The Morgan fingerprint density at radius 2 is 1.92 bits per heavy atom. The number of carboxylic acid groups (broad SMARTS) is 2. The van der Waals surface area contributed by atoms with E-state index in [2.05, 4.69) is 15.3 Å². The van der Waals surface area contributed by atoms with Crippen LogP contribution in [0.25, 0.3) is 21.8 Å². The van der Waals surface area contributed by atoms with Gasteiger partial charge in [-0.1, -0.05) is 13.8 Å². The number of rotatable bonds is 8. The molecule has 0 radical (unpaired) electrons. The number of pyridine rings is 1. The summed E-state index contributed by atoms with van der Waals surface area (Å²) in [6.07, 6.45) is 1.14. The quantitative estimate of drug-likeness (QED) is 0.316. The van der Waals surface area contributed by atoms with Crippen LogP contribution in [-0.2, 0) is 20.8 Å². The Kier molecular flexibility index (Phi) is 6.82. The zero-order valence-corrected chi connectivity index (χ0v) is 19.9. The molecule has 1 fully saturated rings. The number of likely N-dealkylation sites (tertiary alicyclic amines) is 1. The van der Waals surface area contributed by atoms with Gasteiger partial charge in [-0.2, -0.15) is 0 Å². The van der Waals surface area contributed by atoms with E-state index in [0.29, 0.717) is 46.9 Å². The van der Waals surface area contributed by atoms with Crippen LogP contribution in [0, 0.1) is 5.92 Å². The second kappa shape index (κ2) is 9.84. The van der Waals surface area contributed by atoms with Crippen LogP contribution in [-0.4, -0.2) is 72.6 Å². The number of phenolic OH excluding ortho intramolecular Hbond substituents is 1. The van der Waals surface area contributed by atoms with Gasteiger partial charge in [-0.15, -0.1) is 0 Å². The molecule has 3 aromatic rings. The molecule has 0 saturated carbocycles. The van der Waals surface area contributed by atoms with Crippen LogP contribution in [0.3, 0.4) is 0 Å². The predicted molar refractivity (Wildman–Crippen MR) is 130 cm³/mol. The molecular weight excluding hydrogens is 468 g/mol. The molecule has 11 heteroatoms. The highest BCUT2D eigenvalue weighted by molar-refractivity contribution is 6.10. The number of nitrogens with one attached hydrogen (secondary N) is 2. The summed E-state index contributed by atoms with van der Waals surface area (Å²) >= 11 is 0. The first-order valence-corrected chi connectivity index (χ1v) is 11.8. The van der Waals surface area contributed by atoms with Crippen LogP contribution in [0.1, 0.15) is 49.3 Å². The van der Waals surface area contributed by atoms with Gasteiger partial charge in [0.1, 0.15) is 23.5 Å². The molecule has 3 heterocycles. The van der Waals surface area contributed by atoms with Gasteiger partial charge in [-0.05, 0) is 43.0 Å². The number of fused-ring (bicyclic) bond motifs is 3. The van der Waals surface area contributed by atoms with E-state index in [9.17, 15) is 34.5 Å². The van der Waals surface area contributed by atoms with Gasteiger partial charge in [-0.25, -0.2) is 14.6 Å². The fourth-order valence-corrected chi connectivity index (χ4v) is 4.67. The molecule has 5 N–H and O–H groups in total. The van der Waals surface area contributed by atoms with Crippen molar-refractivity contribution >= 4 is 45.6 Å². The largest absolute Gasteiger partial charge is 0.508 e. The van der Waals surface area contributed by atoms with Crippen molar-refractivity contribution in [2.45, 2.75) is 51.6 Å². The molecule has 4 rings (SSSR count). The van der Waals surface area contributed by atoms with Gasteiger partial charge in [0.25, 0.3) is 5.91 Å². The van der Waals surface area contributed by atoms with Crippen LogP contribution < -0.4 is 5.32 Å². The number of carboxylic acids is 2. The van der Waals surface area contributed by atoms with Crippen molar-refractivity contribution in [3.8, 4) is 5.75 Å². The summed E-state index contributed by atoms with van der Waals surface area (Å²) in [5.74, 6) is -3.52. The van der Waals surface area contributed by atoms with Gasteiger partial charge in [0.15, 0.2) is 0 Å². The summed E-state index contributed by atoms with van der Waals surface area (Å²) in [4.78, 5) is 58.0. The second-order valence-electron chi connectivity index (χ2n) is 9.35. The smallest absolute Gasteiger partial charge is 0.326 e. The van der Waals surface area contributed by atoms with E-state index in [4.69, 9.17) is 0 Å². The van der Waals surface area contributed by atoms with Gasteiger partial charge in [0, 0.05) is 35.7 Å². The first kappa shape index (κ1) is 25.0. The lowest BCUT2D eigenvalue weighted by Crippen LogP contribution is -2.44. The Bertz CT molecular complexity index is 1360. The number of aliphatic carboxylic acids is 2. The number of hydrogen-bond donors (Lipinski definition) is 5. The fraction of sp³-hybridized carbons (Fsp3) is 0.400. The molecule has 0 spiro atoms. The zero-order chi connectivity index (χ0) is 26.1. The van der Waals surface area contributed by atoms with Crippen LogP contribution in [0.5, 0.6) is 5.75 Å². The van der Waals surface area contributed by atoms with Crippen LogP contribution in [0.4, 0.5) is 0 Å². The van der Waals surface area contributed by atoms with Crippen molar-refractivity contribution in [1.82, 2.24) is 20.2 Å². The fourth-order valence-electron chi connectivity index (χ4n) is 4.67. The number of aromatic amines is 1. The lowest BCUT2D eigenvalue weighted by atomic mass is 10.0. The normalized spacial score (nSPS) is 16.5. The molecule has 0 aliphatic carbocycles. The lowest BCUT2D eigenvalue weighted by Gasteiger charge is -2.21. The summed E-state index contributed by atoms with van der Waals surface area (Å²) < 4.78 is 0. The molecule has 1 saturated heterocycles. The number of aromatic hydroxyl groups is 1. The Morgan fingerprint density at radius 1 is 1.17 bits per heavy atom. The highest BCUT2D eigenvalue weighted by atomic mass is 16.4. The van der Waals surface area contributed by atoms with Gasteiger partial charge in [0.05, 0.1) is 11.2 Å². The van der Waals surface area contributed by atoms with Gasteiger partial charge < -0.3 is 30.5 Å². The molecule has 2 atom stereocenters. The minimum Gasteiger partial charge on any atom is -0.508 e. The number of phenols is 1. The number of carbonyl (C=O) groups excluding carboxylic acids is 2. The summed E-state index contributed by atoms with van der Waals surface area (Å²) in [7, 11) is 0. The molecule has 1 aliphatic rings. The van der Waals surface area contributed by atoms with Crippen molar-refractivity contribution in [3.63, 3.8) is 0 Å². The maximum atomic E-state index is 13.0. The minimum absolute atomic E-state index is 0.0126. The molecule has 11 nitrogen and oxygen atoms in total. The Morgan fingerprint density at radius 3 is 2.58 bits per heavy atom. The van der Waals surface area contributed by atoms with Crippen molar-refractivity contribution in [1.29, 1.82) is 0 Å². The average molecular weight is 497 g/mol. The van der Waals surface area contributed by atoms with Crippen LogP contribution >= 0.6 is 0 Å². The van der Waals surface area contributed by atoms with Gasteiger partial charge >= 0.3 is 11.9 Å². The molecular formula is C25H28N4O7. The van der Waals surface area contributed by atoms with Crippen molar-refractivity contribution in [2.24, 2.45) is 5.92 Å². The van der Waals surface area contributed by atoms with E-state index in [0.717, 1.165) is 0 Å². The summed E-state index contributed by atoms with van der Waals surface area (Å²) in [5, 5.41) is 32.6. The summed E-state index contributed by atoms with van der Waals surface area (Å²) in [6, 6.07) is 4.30. The van der Waals surface area contributed by atoms with E-state index in [1.807, 2.05) is 0 Å². The van der Waals surface area contributed by atoms with Crippen LogP contribution in [0.15, 0.2) is 24.3 Å². The number of carbonyl (C=O) groups is 4. The second-order valence-corrected chi connectivity index (χ2v) is 9.35. The minimum atomic E-state index is -1.17. The number of benzene rings is 1. The highest BCUT2D eigenvalue weighted by Gasteiger charge is 2.33. The van der Waals surface area contributed by atoms with Gasteiger partial charge in [0.2, 0.25) is 5.91 Å².